The number of carbonyl (C=O) groups is 1. The second kappa shape index (κ2) is 6.97. The van der Waals surface area contributed by atoms with Gasteiger partial charge in [0.05, 0.1) is 5.69 Å². The lowest BCUT2D eigenvalue weighted by molar-refractivity contribution is -0.117. The fourth-order valence-electron chi connectivity index (χ4n) is 2.30. The SMILES string of the molecule is O=C(Nc1ccccc1OCC(O)c1cc(F)ccc1F)C1CC1. The Balaban J connectivity index is 1.67. The summed E-state index contributed by atoms with van der Waals surface area (Å²) >= 11 is 0. The van der Waals surface area contributed by atoms with Gasteiger partial charge in [-0.25, -0.2) is 8.78 Å². The highest BCUT2D eigenvalue weighted by Crippen LogP contribution is 2.32. The fraction of sp³-hybridized carbons (Fsp3) is 0.278. The van der Waals surface area contributed by atoms with E-state index in [-0.39, 0.29) is 24.0 Å². The number of anilines is 1. The first-order valence-electron chi connectivity index (χ1n) is 7.70. The summed E-state index contributed by atoms with van der Waals surface area (Å²) in [5, 5.41) is 12.8. The average Bonchev–Trinajstić information content (AvgIpc) is 3.41. The van der Waals surface area contributed by atoms with Gasteiger partial charge in [-0.05, 0) is 43.2 Å². The molecule has 4 nitrogen and oxygen atoms in total. The minimum atomic E-state index is -1.33. The quantitative estimate of drug-likeness (QED) is 0.851. The van der Waals surface area contributed by atoms with Crippen LogP contribution < -0.4 is 10.1 Å². The lowest BCUT2D eigenvalue weighted by Crippen LogP contribution is -2.16. The van der Waals surface area contributed by atoms with E-state index in [2.05, 4.69) is 5.32 Å². The summed E-state index contributed by atoms with van der Waals surface area (Å²) in [6.07, 6.45) is 0.437. The van der Waals surface area contributed by atoms with Crippen LogP contribution in [0.4, 0.5) is 14.5 Å². The summed E-state index contributed by atoms with van der Waals surface area (Å²) in [4.78, 5) is 11.9. The standard InChI is InChI=1S/C18H17F2NO3/c19-12-7-8-14(20)13(9-12)16(22)10-24-17-4-2-1-3-15(17)21-18(23)11-5-6-11/h1-4,7-9,11,16,22H,5-6,10H2,(H,21,23). The third-order valence-electron chi connectivity index (χ3n) is 3.81. The molecular formula is C18H17F2NO3. The van der Waals surface area contributed by atoms with Crippen molar-refractivity contribution in [3.05, 3.63) is 59.7 Å². The van der Waals surface area contributed by atoms with E-state index in [1.807, 2.05) is 0 Å². The van der Waals surface area contributed by atoms with Crippen molar-refractivity contribution in [1.29, 1.82) is 0 Å². The topological polar surface area (TPSA) is 58.6 Å². The van der Waals surface area contributed by atoms with E-state index in [4.69, 9.17) is 4.74 Å². The van der Waals surface area contributed by atoms with Crippen LogP contribution >= 0.6 is 0 Å². The van der Waals surface area contributed by atoms with Gasteiger partial charge >= 0.3 is 0 Å². The number of hydrogen-bond acceptors (Lipinski definition) is 3. The van der Waals surface area contributed by atoms with Gasteiger partial charge < -0.3 is 15.2 Å². The van der Waals surface area contributed by atoms with Gasteiger partial charge in [0, 0.05) is 11.5 Å². The Bertz CT molecular complexity index is 747. The van der Waals surface area contributed by atoms with Crippen LogP contribution in [0.2, 0.25) is 0 Å². The number of nitrogens with one attached hydrogen (secondary N) is 1. The molecule has 0 bridgehead atoms. The van der Waals surface area contributed by atoms with Crippen LogP contribution in [-0.4, -0.2) is 17.6 Å². The zero-order chi connectivity index (χ0) is 17.1. The molecule has 1 saturated carbocycles. The van der Waals surface area contributed by atoms with Crippen molar-refractivity contribution >= 4 is 11.6 Å². The summed E-state index contributed by atoms with van der Waals surface area (Å²) in [5.41, 5.74) is 0.316. The molecule has 1 unspecified atom stereocenters. The lowest BCUT2D eigenvalue weighted by Gasteiger charge is -2.16. The van der Waals surface area contributed by atoms with E-state index in [0.717, 1.165) is 31.0 Å². The zero-order valence-electron chi connectivity index (χ0n) is 12.8. The monoisotopic (exact) mass is 333 g/mol. The Morgan fingerprint density at radius 1 is 1.25 bits per heavy atom. The molecule has 1 aliphatic rings. The Morgan fingerprint density at radius 3 is 2.75 bits per heavy atom. The van der Waals surface area contributed by atoms with Gasteiger partial charge in [0.25, 0.3) is 0 Å². The number of aliphatic hydroxyl groups excluding tert-OH is 1. The predicted octanol–water partition coefficient (Wildman–Crippen LogP) is 3.43. The first-order chi connectivity index (χ1) is 11.5. The predicted molar refractivity (Wildman–Crippen MR) is 84.6 cm³/mol. The molecule has 2 N–H and O–H groups in total. The van der Waals surface area contributed by atoms with Crippen molar-refractivity contribution in [2.24, 2.45) is 5.92 Å². The molecule has 1 amide bonds. The van der Waals surface area contributed by atoms with Gasteiger partial charge in [-0.2, -0.15) is 0 Å². The highest BCUT2D eigenvalue weighted by Gasteiger charge is 2.30. The van der Waals surface area contributed by atoms with E-state index in [9.17, 15) is 18.7 Å². The van der Waals surface area contributed by atoms with Crippen LogP contribution in [0.15, 0.2) is 42.5 Å². The molecule has 3 rings (SSSR count). The van der Waals surface area contributed by atoms with Crippen LogP contribution in [0.25, 0.3) is 0 Å². The van der Waals surface area contributed by atoms with Gasteiger partial charge in [-0.1, -0.05) is 12.1 Å². The maximum Gasteiger partial charge on any atom is 0.227 e. The molecule has 2 aromatic carbocycles. The minimum absolute atomic E-state index is 0.0463. The van der Waals surface area contributed by atoms with E-state index >= 15 is 0 Å². The lowest BCUT2D eigenvalue weighted by atomic mass is 10.1. The molecule has 0 heterocycles. The molecule has 2 aromatic rings. The van der Waals surface area contributed by atoms with Crippen LogP contribution in [0.5, 0.6) is 5.75 Å². The molecule has 1 aliphatic carbocycles. The molecule has 24 heavy (non-hydrogen) atoms. The minimum Gasteiger partial charge on any atom is -0.488 e. The van der Waals surface area contributed by atoms with E-state index < -0.39 is 17.7 Å². The molecule has 0 spiro atoms. The van der Waals surface area contributed by atoms with Gasteiger partial charge in [-0.3, -0.25) is 4.79 Å². The van der Waals surface area contributed by atoms with Crippen LogP contribution in [0.1, 0.15) is 24.5 Å². The van der Waals surface area contributed by atoms with Crippen molar-refractivity contribution in [2.75, 3.05) is 11.9 Å². The molecule has 0 saturated heterocycles. The second-order valence-corrected chi connectivity index (χ2v) is 5.75. The molecule has 0 aromatic heterocycles. The number of hydrogen-bond donors (Lipinski definition) is 2. The van der Waals surface area contributed by atoms with E-state index in [1.165, 1.54) is 0 Å². The van der Waals surface area contributed by atoms with Gasteiger partial charge in [0.1, 0.15) is 30.1 Å². The Labute approximate surface area is 138 Å². The summed E-state index contributed by atoms with van der Waals surface area (Å²) in [5.74, 6) is -1.000. The molecule has 0 radical (unpaired) electrons. The first kappa shape index (κ1) is 16.4. The average molecular weight is 333 g/mol. The fourth-order valence-corrected chi connectivity index (χ4v) is 2.30. The Kier molecular flexibility index (Phi) is 4.76. The van der Waals surface area contributed by atoms with Crippen LogP contribution in [0.3, 0.4) is 0 Å². The molecule has 1 atom stereocenters. The maximum absolute atomic E-state index is 13.7. The number of benzene rings is 2. The second-order valence-electron chi connectivity index (χ2n) is 5.75. The smallest absolute Gasteiger partial charge is 0.227 e. The molecular weight excluding hydrogens is 316 g/mol. The summed E-state index contributed by atoms with van der Waals surface area (Å²) < 4.78 is 32.3. The van der Waals surface area contributed by atoms with Gasteiger partial charge in [0.2, 0.25) is 5.91 Å². The third-order valence-corrected chi connectivity index (χ3v) is 3.81. The maximum atomic E-state index is 13.7. The highest BCUT2D eigenvalue weighted by molar-refractivity contribution is 5.95. The van der Waals surface area contributed by atoms with Gasteiger partial charge in [-0.15, -0.1) is 0 Å². The normalized spacial score (nSPS) is 15.0. The van der Waals surface area contributed by atoms with Crippen molar-refractivity contribution in [2.45, 2.75) is 18.9 Å². The highest BCUT2D eigenvalue weighted by atomic mass is 19.1. The van der Waals surface area contributed by atoms with Crippen molar-refractivity contribution in [3.63, 3.8) is 0 Å². The number of carbonyl (C=O) groups excluding carboxylic acids is 1. The number of halogens is 2. The zero-order valence-corrected chi connectivity index (χ0v) is 12.8. The van der Waals surface area contributed by atoms with E-state index in [1.54, 1.807) is 24.3 Å². The summed E-state index contributed by atoms with van der Waals surface area (Å²) in [6.45, 7) is -0.267. The van der Waals surface area contributed by atoms with Crippen molar-refractivity contribution < 1.29 is 23.4 Å². The largest absolute Gasteiger partial charge is 0.488 e. The van der Waals surface area contributed by atoms with Crippen LogP contribution in [0, 0.1) is 17.6 Å². The molecule has 1 fully saturated rings. The number of aliphatic hydroxyl groups is 1. The number of amides is 1. The Hall–Kier alpha value is -2.47. The van der Waals surface area contributed by atoms with Crippen molar-refractivity contribution in [3.8, 4) is 5.75 Å². The number of ether oxygens (including phenoxy) is 1. The number of para-hydroxylation sites is 2. The first-order valence-corrected chi connectivity index (χ1v) is 7.70. The van der Waals surface area contributed by atoms with Crippen LogP contribution in [-0.2, 0) is 4.79 Å². The number of rotatable bonds is 6. The summed E-state index contributed by atoms with van der Waals surface area (Å²) in [6, 6.07) is 9.66. The molecule has 126 valence electrons. The molecule has 6 heteroatoms. The Morgan fingerprint density at radius 2 is 2.00 bits per heavy atom. The van der Waals surface area contributed by atoms with Crippen molar-refractivity contribution in [1.82, 2.24) is 0 Å². The van der Waals surface area contributed by atoms with E-state index in [0.29, 0.717) is 11.4 Å². The molecule has 0 aliphatic heterocycles. The third kappa shape index (κ3) is 3.89. The van der Waals surface area contributed by atoms with Gasteiger partial charge in [0.15, 0.2) is 0 Å². The summed E-state index contributed by atoms with van der Waals surface area (Å²) in [7, 11) is 0.